The van der Waals surface area contributed by atoms with Crippen molar-refractivity contribution in [1.29, 1.82) is 0 Å². The highest BCUT2D eigenvalue weighted by molar-refractivity contribution is 7.98. The van der Waals surface area contributed by atoms with E-state index in [1.54, 1.807) is 36.0 Å². The minimum atomic E-state index is -3.53. The average Bonchev–Trinajstić information content (AvgIpc) is 3.00. The lowest BCUT2D eigenvalue weighted by molar-refractivity contribution is 0.414. The van der Waals surface area contributed by atoms with Crippen LogP contribution in [0.4, 0.5) is 0 Å². The van der Waals surface area contributed by atoms with Gasteiger partial charge in [0.05, 0.1) is 16.0 Å². The van der Waals surface area contributed by atoms with Crippen LogP contribution in [-0.2, 0) is 15.6 Å². The van der Waals surface area contributed by atoms with Crippen LogP contribution in [0.3, 0.4) is 0 Å². The average molecular weight is 353 g/mol. The van der Waals surface area contributed by atoms with E-state index < -0.39 is 9.84 Å². The van der Waals surface area contributed by atoms with Crippen LogP contribution in [0.5, 0.6) is 0 Å². The van der Waals surface area contributed by atoms with Crippen molar-refractivity contribution in [2.45, 2.75) is 17.6 Å². The maximum atomic E-state index is 12.2. The molecule has 2 rings (SSSR count). The largest absolute Gasteiger partial charge is 0.385 e. The fraction of sp³-hybridized carbons (Fsp3) is 0.267. The molecule has 3 N–H and O–H groups in total. The Bertz CT molecular complexity index is 739. The molecule has 0 aliphatic heterocycles. The number of nitrogens with one attached hydrogen (secondary N) is 1. The fourth-order valence-electron chi connectivity index (χ4n) is 1.76. The van der Waals surface area contributed by atoms with Crippen molar-refractivity contribution < 1.29 is 12.9 Å². The molecule has 0 radical (unpaired) electrons. The summed E-state index contributed by atoms with van der Waals surface area (Å²) in [5, 5.41) is 7.76. The monoisotopic (exact) mass is 353 g/mol. The molecular weight excluding hydrogens is 334 g/mol. The molecule has 1 aromatic heterocycles. The Morgan fingerprint density at radius 2 is 2.09 bits per heavy atom. The smallest absolute Gasteiger partial charge is 0.203 e. The molecule has 6 nitrogen and oxygen atoms in total. The van der Waals surface area contributed by atoms with Crippen molar-refractivity contribution in [1.82, 2.24) is 10.5 Å². The molecule has 2 aromatic rings. The van der Waals surface area contributed by atoms with Crippen molar-refractivity contribution in [3.63, 3.8) is 0 Å². The van der Waals surface area contributed by atoms with E-state index in [0.717, 1.165) is 28.2 Å². The molecule has 1 aromatic carbocycles. The molecule has 23 heavy (non-hydrogen) atoms. The Labute approximate surface area is 140 Å². The standard InChI is InChI=1S/C15H19N3O3S2/c1-12-2-4-14(5-3-12)23(19,20)11-15(16)17-7-9-22-10-13-6-8-21-18-13/h2-6,8,11,17H,7,9-10,16H2,1H3. The highest BCUT2D eigenvalue weighted by atomic mass is 32.2. The fourth-order valence-corrected chi connectivity index (χ4v) is 3.58. The Morgan fingerprint density at radius 1 is 1.35 bits per heavy atom. The molecular formula is C15H19N3O3S2. The van der Waals surface area contributed by atoms with Gasteiger partial charge in [-0.2, -0.15) is 11.8 Å². The van der Waals surface area contributed by atoms with Crippen LogP contribution < -0.4 is 11.1 Å². The summed E-state index contributed by atoms with van der Waals surface area (Å²) in [5.74, 6) is 1.64. The van der Waals surface area contributed by atoms with Gasteiger partial charge in [-0.1, -0.05) is 22.9 Å². The summed E-state index contributed by atoms with van der Waals surface area (Å²) >= 11 is 1.65. The molecule has 0 atom stereocenters. The summed E-state index contributed by atoms with van der Waals surface area (Å²) in [6.07, 6.45) is 1.53. The maximum absolute atomic E-state index is 12.2. The van der Waals surface area contributed by atoms with E-state index in [2.05, 4.69) is 10.5 Å². The minimum absolute atomic E-state index is 0.132. The van der Waals surface area contributed by atoms with Crippen LogP contribution in [0.15, 0.2) is 57.2 Å². The number of thioether (sulfide) groups is 1. The topological polar surface area (TPSA) is 98.2 Å². The van der Waals surface area contributed by atoms with Gasteiger partial charge in [-0.15, -0.1) is 0 Å². The van der Waals surface area contributed by atoms with E-state index in [9.17, 15) is 8.42 Å². The molecule has 0 saturated carbocycles. The summed E-state index contributed by atoms with van der Waals surface area (Å²) < 4.78 is 29.1. The first-order valence-corrected chi connectivity index (χ1v) is 9.67. The highest BCUT2D eigenvalue weighted by Crippen LogP contribution is 2.13. The number of aryl methyl sites for hydroxylation is 1. The third-order valence-electron chi connectivity index (χ3n) is 2.95. The zero-order chi connectivity index (χ0) is 16.7. The lowest BCUT2D eigenvalue weighted by Gasteiger charge is -2.06. The van der Waals surface area contributed by atoms with Gasteiger partial charge in [0.15, 0.2) is 0 Å². The van der Waals surface area contributed by atoms with Crippen LogP contribution in [-0.4, -0.2) is 25.9 Å². The van der Waals surface area contributed by atoms with E-state index in [1.807, 2.05) is 13.0 Å². The maximum Gasteiger partial charge on any atom is 0.203 e. The molecule has 8 heteroatoms. The van der Waals surface area contributed by atoms with E-state index in [0.29, 0.717) is 6.54 Å². The van der Waals surface area contributed by atoms with Crippen molar-refractivity contribution in [3.8, 4) is 0 Å². The Morgan fingerprint density at radius 3 is 2.74 bits per heavy atom. The van der Waals surface area contributed by atoms with Crippen LogP contribution in [0.25, 0.3) is 0 Å². The Hall–Kier alpha value is -1.93. The summed E-state index contributed by atoms with van der Waals surface area (Å²) in [7, 11) is -3.53. The molecule has 0 aliphatic rings. The lowest BCUT2D eigenvalue weighted by Crippen LogP contribution is -2.23. The number of aromatic nitrogens is 1. The van der Waals surface area contributed by atoms with E-state index >= 15 is 0 Å². The molecule has 0 saturated heterocycles. The molecule has 1 heterocycles. The molecule has 0 amide bonds. The van der Waals surface area contributed by atoms with Gasteiger partial charge in [0.25, 0.3) is 0 Å². The molecule has 0 aliphatic carbocycles. The first-order valence-electron chi connectivity index (χ1n) is 6.97. The van der Waals surface area contributed by atoms with Crippen molar-refractivity contribution in [2.24, 2.45) is 5.73 Å². The highest BCUT2D eigenvalue weighted by Gasteiger charge is 2.11. The minimum Gasteiger partial charge on any atom is -0.385 e. The second kappa shape index (κ2) is 8.07. The van der Waals surface area contributed by atoms with E-state index in [1.165, 1.54) is 6.26 Å². The van der Waals surface area contributed by atoms with Crippen LogP contribution in [0.1, 0.15) is 11.3 Å². The molecule has 0 bridgehead atoms. The second-order valence-corrected chi connectivity index (χ2v) is 7.80. The van der Waals surface area contributed by atoms with Gasteiger partial charge in [-0.3, -0.25) is 0 Å². The zero-order valence-electron chi connectivity index (χ0n) is 12.7. The number of nitrogens with zero attached hydrogens (tertiary/aromatic N) is 1. The first-order chi connectivity index (χ1) is 11.0. The SMILES string of the molecule is Cc1ccc(S(=O)(=O)C=C(N)NCCSCc2ccon2)cc1. The van der Waals surface area contributed by atoms with Crippen molar-refractivity contribution in [2.75, 3.05) is 12.3 Å². The summed E-state index contributed by atoms with van der Waals surface area (Å²) in [5.41, 5.74) is 7.62. The van der Waals surface area contributed by atoms with Gasteiger partial charge < -0.3 is 15.6 Å². The number of nitrogens with two attached hydrogens (primary N) is 1. The third-order valence-corrected chi connectivity index (χ3v) is 5.43. The summed E-state index contributed by atoms with van der Waals surface area (Å²) in [4.78, 5) is 0.230. The Balaban J connectivity index is 1.80. The van der Waals surface area contributed by atoms with Crippen LogP contribution in [0.2, 0.25) is 0 Å². The number of hydrogen-bond acceptors (Lipinski definition) is 7. The quantitative estimate of drug-likeness (QED) is 0.701. The molecule has 0 fully saturated rings. The lowest BCUT2D eigenvalue weighted by atomic mass is 10.2. The predicted octanol–water partition coefficient (Wildman–Crippen LogP) is 2.04. The molecule has 0 unspecified atom stereocenters. The van der Waals surface area contributed by atoms with Gasteiger partial charge in [0.1, 0.15) is 12.1 Å². The Kier molecular flexibility index (Phi) is 6.12. The van der Waals surface area contributed by atoms with Gasteiger partial charge >= 0.3 is 0 Å². The summed E-state index contributed by atoms with van der Waals surface area (Å²) in [6, 6.07) is 8.46. The normalized spacial score (nSPS) is 12.3. The number of hydrogen-bond donors (Lipinski definition) is 2. The molecule has 0 spiro atoms. The van der Waals surface area contributed by atoms with E-state index in [4.69, 9.17) is 10.3 Å². The van der Waals surface area contributed by atoms with Gasteiger partial charge in [0.2, 0.25) is 9.84 Å². The number of rotatable bonds is 8. The van der Waals surface area contributed by atoms with Gasteiger partial charge in [0, 0.05) is 24.1 Å². The number of benzene rings is 1. The van der Waals surface area contributed by atoms with Crippen molar-refractivity contribution in [3.05, 3.63) is 59.1 Å². The second-order valence-electron chi connectivity index (χ2n) is 4.90. The summed E-state index contributed by atoms with van der Waals surface area (Å²) in [6.45, 7) is 2.47. The zero-order valence-corrected chi connectivity index (χ0v) is 14.4. The van der Waals surface area contributed by atoms with Crippen LogP contribution in [0, 0.1) is 6.92 Å². The van der Waals surface area contributed by atoms with E-state index in [-0.39, 0.29) is 10.7 Å². The van der Waals surface area contributed by atoms with Gasteiger partial charge in [-0.05, 0) is 19.1 Å². The number of sulfone groups is 1. The van der Waals surface area contributed by atoms with Gasteiger partial charge in [-0.25, -0.2) is 8.42 Å². The predicted molar refractivity (Wildman–Crippen MR) is 91.3 cm³/mol. The van der Waals surface area contributed by atoms with Crippen molar-refractivity contribution >= 4 is 21.6 Å². The first kappa shape index (κ1) is 17.4. The molecule has 124 valence electrons. The van der Waals surface area contributed by atoms with Crippen LogP contribution >= 0.6 is 11.8 Å². The third kappa shape index (κ3) is 5.65.